The number of nitrogens with one attached hydrogen (secondary N) is 1. The van der Waals surface area contributed by atoms with Crippen LogP contribution in [0.4, 0.5) is 0 Å². The second-order valence-electron chi connectivity index (χ2n) is 6.15. The first-order chi connectivity index (χ1) is 11.9. The molecule has 0 aromatic carbocycles. The van der Waals surface area contributed by atoms with Crippen LogP contribution in [0.2, 0.25) is 0 Å². The molecule has 1 amide bonds. The van der Waals surface area contributed by atoms with Crippen molar-refractivity contribution in [2.45, 2.75) is 38.1 Å². The van der Waals surface area contributed by atoms with Crippen LogP contribution in [-0.4, -0.2) is 36.9 Å². The van der Waals surface area contributed by atoms with Crippen LogP contribution in [0, 0.1) is 19.8 Å². The van der Waals surface area contributed by atoms with Gasteiger partial charge in [-0.25, -0.2) is 8.42 Å². The third kappa shape index (κ3) is 3.62. The molecule has 1 fully saturated rings. The standard InChI is InChI=1S/C16H21N3O5S/c1-11-15(12(2)24-18-11)25(21,22)19-7-3-5-13(10-19)16(20)17-9-14-6-4-8-23-14/h4,6,8,13H,3,5,7,9-10H2,1-2H3,(H,17,20). The third-order valence-electron chi connectivity index (χ3n) is 4.34. The molecular formula is C16H21N3O5S. The smallest absolute Gasteiger partial charge is 0.248 e. The molecule has 8 nitrogen and oxygen atoms in total. The van der Waals surface area contributed by atoms with Crippen LogP contribution in [-0.2, 0) is 21.4 Å². The van der Waals surface area contributed by atoms with Gasteiger partial charge < -0.3 is 14.3 Å². The van der Waals surface area contributed by atoms with Gasteiger partial charge in [-0.2, -0.15) is 4.31 Å². The number of carbonyl (C=O) groups excluding carboxylic acids is 1. The number of rotatable bonds is 5. The van der Waals surface area contributed by atoms with Crippen LogP contribution in [0.1, 0.15) is 30.1 Å². The molecule has 25 heavy (non-hydrogen) atoms. The fraction of sp³-hybridized carbons (Fsp3) is 0.500. The van der Waals surface area contributed by atoms with E-state index in [9.17, 15) is 13.2 Å². The zero-order valence-electron chi connectivity index (χ0n) is 14.2. The Morgan fingerprint density at radius 1 is 1.44 bits per heavy atom. The Labute approximate surface area is 146 Å². The van der Waals surface area contributed by atoms with Gasteiger partial charge in [-0.15, -0.1) is 0 Å². The van der Waals surface area contributed by atoms with E-state index < -0.39 is 10.0 Å². The summed E-state index contributed by atoms with van der Waals surface area (Å²) in [6, 6.07) is 3.52. The first kappa shape index (κ1) is 17.7. The molecule has 0 bridgehead atoms. The monoisotopic (exact) mass is 367 g/mol. The van der Waals surface area contributed by atoms with E-state index in [1.165, 1.54) is 4.31 Å². The Morgan fingerprint density at radius 3 is 2.88 bits per heavy atom. The molecule has 1 N–H and O–H groups in total. The van der Waals surface area contributed by atoms with Crippen molar-refractivity contribution in [2.75, 3.05) is 13.1 Å². The molecule has 2 aromatic rings. The third-order valence-corrected chi connectivity index (χ3v) is 6.45. The average molecular weight is 367 g/mol. The number of carbonyl (C=O) groups is 1. The van der Waals surface area contributed by atoms with Crippen molar-refractivity contribution < 1.29 is 22.2 Å². The van der Waals surface area contributed by atoms with E-state index >= 15 is 0 Å². The normalized spacial score (nSPS) is 19.0. The molecule has 0 radical (unpaired) electrons. The second kappa shape index (κ2) is 7.01. The Morgan fingerprint density at radius 2 is 2.24 bits per heavy atom. The van der Waals surface area contributed by atoms with Gasteiger partial charge in [-0.05, 0) is 38.8 Å². The highest BCUT2D eigenvalue weighted by Crippen LogP contribution is 2.27. The van der Waals surface area contributed by atoms with Gasteiger partial charge in [-0.3, -0.25) is 4.79 Å². The summed E-state index contributed by atoms with van der Waals surface area (Å²) in [6.45, 7) is 3.99. The van der Waals surface area contributed by atoms with Crippen molar-refractivity contribution in [3.05, 3.63) is 35.6 Å². The minimum atomic E-state index is -3.73. The summed E-state index contributed by atoms with van der Waals surface area (Å²) in [5.41, 5.74) is 0.335. The number of nitrogens with zero attached hydrogens (tertiary/aromatic N) is 2. The Balaban J connectivity index is 1.69. The molecule has 1 saturated heterocycles. The van der Waals surface area contributed by atoms with Crippen molar-refractivity contribution in [1.29, 1.82) is 0 Å². The van der Waals surface area contributed by atoms with Crippen LogP contribution in [0.15, 0.2) is 32.2 Å². The molecule has 1 atom stereocenters. The molecular weight excluding hydrogens is 346 g/mol. The van der Waals surface area contributed by atoms with E-state index in [2.05, 4.69) is 10.5 Å². The quantitative estimate of drug-likeness (QED) is 0.860. The second-order valence-corrected chi connectivity index (χ2v) is 8.03. The van der Waals surface area contributed by atoms with E-state index in [0.29, 0.717) is 37.4 Å². The molecule has 2 aromatic heterocycles. The lowest BCUT2D eigenvalue weighted by atomic mass is 9.99. The van der Waals surface area contributed by atoms with Crippen molar-refractivity contribution in [3.63, 3.8) is 0 Å². The van der Waals surface area contributed by atoms with Gasteiger partial charge in [-0.1, -0.05) is 5.16 Å². The molecule has 136 valence electrons. The number of aryl methyl sites for hydroxylation is 2. The molecule has 0 spiro atoms. The Bertz CT molecular complexity index is 822. The number of aromatic nitrogens is 1. The summed E-state index contributed by atoms with van der Waals surface area (Å²) in [6.07, 6.45) is 2.82. The summed E-state index contributed by atoms with van der Waals surface area (Å²) in [5.74, 6) is 0.361. The van der Waals surface area contributed by atoms with E-state index in [1.807, 2.05) is 0 Å². The maximum Gasteiger partial charge on any atom is 0.248 e. The van der Waals surface area contributed by atoms with E-state index in [0.717, 1.165) is 0 Å². The zero-order chi connectivity index (χ0) is 18.0. The van der Waals surface area contributed by atoms with E-state index in [-0.39, 0.29) is 29.0 Å². The largest absolute Gasteiger partial charge is 0.467 e. The summed E-state index contributed by atoms with van der Waals surface area (Å²) >= 11 is 0. The first-order valence-corrected chi connectivity index (χ1v) is 9.56. The van der Waals surface area contributed by atoms with Crippen LogP contribution in [0.5, 0.6) is 0 Å². The number of sulfonamides is 1. The highest BCUT2D eigenvalue weighted by atomic mass is 32.2. The summed E-state index contributed by atoms with van der Waals surface area (Å²) in [7, 11) is -3.73. The number of amides is 1. The molecule has 3 rings (SSSR count). The lowest BCUT2D eigenvalue weighted by Crippen LogP contribution is -2.45. The first-order valence-electron chi connectivity index (χ1n) is 8.12. The van der Waals surface area contributed by atoms with Gasteiger partial charge in [0.15, 0.2) is 5.76 Å². The van der Waals surface area contributed by atoms with Crippen LogP contribution >= 0.6 is 0 Å². The number of hydrogen-bond acceptors (Lipinski definition) is 6. The van der Waals surface area contributed by atoms with Crippen molar-refractivity contribution in [3.8, 4) is 0 Å². The summed E-state index contributed by atoms with van der Waals surface area (Å²) in [5, 5.41) is 6.52. The van der Waals surface area contributed by atoms with Gasteiger partial charge in [0.05, 0.1) is 18.7 Å². The van der Waals surface area contributed by atoms with Gasteiger partial charge in [0, 0.05) is 13.1 Å². The summed E-state index contributed by atoms with van der Waals surface area (Å²) < 4.78 is 37.3. The predicted molar refractivity (Wildman–Crippen MR) is 88.0 cm³/mol. The van der Waals surface area contributed by atoms with Crippen LogP contribution in [0.25, 0.3) is 0 Å². The number of hydrogen-bond donors (Lipinski definition) is 1. The number of piperidine rings is 1. The van der Waals surface area contributed by atoms with Gasteiger partial charge in [0.2, 0.25) is 15.9 Å². The average Bonchev–Trinajstić information content (AvgIpc) is 3.22. The maximum atomic E-state index is 12.9. The maximum absolute atomic E-state index is 12.9. The molecule has 1 unspecified atom stereocenters. The minimum Gasteiger partial charge on any atom is -0.467 e. The lowest BCUT2D eigenvalue weighted by Gasteiger charge is -2.31. The van der Waals surface area contributed by atoms with Crippen LogP contribution in [0.3, 0.4) is 0 Å². The Hall–Kier alpha value is -2.13. The molecule has 0 saturated carbocycles. The lowest BCUT2D eigenvalue weighted by molar-refractivity contribution is -0.126. The molecule has 1 aliphatic heterocycles. The molecule has 9 heteroatoms. The van der Waals surface area contributed by atoms with Gasteiger partial charge >= 0.3 is 0 Å². The van der Waals surface area contributed by atoms with E-state index in [1.54, 1.807) is 32.2 Å². The fourth-order valence-corrected chi connectivity index (χ4v) is 4.89. The predicted octanol–water partition coefficient (Wildman–Crippen LogP) is 1.60. The molecule has 3 heterocycles. The van der Waals surface area contributed by atoms with Gasteiger partial charge in [0.1, 0.15) is 16.3 Å². The highest BCUT2D eigenvalue weighted by Gasteiger charge is 2.36. The minimum absolute atomic E-state index is 0.101. The molecule has 0 aliphatic carbocycles. The number of furan rings is 1. The zero-order valence-corrected chi connectivity index (χ0v) is 15.0. The Kier molecular flexibility index (Phi) is 4.96. The van der Waals surface area contributed by atoms with Crippen molar-refractivity contribution in [1.82, 2.24) is 14.8 Å². The van der Waals surface area contributed by atoms with Crippen molar-refractivity contribution in [2.24, 2.45) is 5.92 Å². The SMILES string of the molecule is Cc1noc(C)c1S(=O)(=O)N1CCCC(C(=O)NCc2ccco2)C1. The molecule has 1 aliphatic rings. The van der Waals surface area contributed by atoms with Gasteiger partial charge in [0.25, 0.3) is 0 Å². The fourth-order valence-electron chi connectivity index (χ4n) is 3.08. The topological polar surface area (TPSA) is 106 Å². The highest BCUT2D eigenvalue weighted by molar-refractivity contribution is 7.89. The summed E-state index contributed by atoms with van der Waals surface area (Å²) in [4.78, 5) is 12.5. The van der Waals surface area contributed by atoms with E-state index in [4.69, 9.17) is 8.94 Å². The van der Waals surface area contributed by atoms with Crippen molar-refractivity contribution >= 4 is 15.9 Å². The van der Waals surface area contributed by atoms with Crippen LogP contribution < -0.4 is 5.32 Å².